The summed E-state index contributed by atoms with van der Waals surface area (Å²) in [7, 11) is -4.40. The van der Waals surface area contributed by atoms with Crippen molar-refractivity contribution in [3.05, 3.63) is 47.3 Å². The van der Waals surface area contributed by atoms with Gasteiger partial charge >= 0.3 is 12.1 Å². The molecule has 0 amide bonds. The first-order valence-electron chi connectivity index (χ1n) is 7.22. The van der Waals surface area contributed by atoms with Crippen LogP contribution in [0.4, 0.5) is 40.8 Å². The second kappa shape index (κ2) is 7.97. The number of esters is 1. The zero-order chi connectivity index (χ0) is 23.0. The minimum atomic E-state index is -5.78. The lowest BCUT2D eigenvalue weighted by atomic mass is 10.3. The number of hydrogen-bond acceptors (Lipinski definition) is 5. The number of anilines is 1. The molecule has 0 atom stereocenters. The summed E-state index contributed by atoms with van der Waals surface area (Å²) in [5.74, 6) is -18.0. The third kappa shape index (κ3) is 4.39. The van der Waals surface area contributed by atoms with Crippen molar-refractivity contribution >= 4 is 21.7 Å². The van der Waals surface area contributed by atoms with Gasteiger partial charge in [-0.2, -0.15) is 22.0 Å². The first kappa shape index (κ1) is 23.2. The van der Waals surface area contributed by atoms with Gasteiger partial charge in [0.2, 0.25) is 17.4 Å². The van der Waals surface area contributed by atoms with E-state index in [1.807, 2.05) is 0 Å². The molecular formula is C15H7F8NO5S. The average molecular weight is 465 g/mol. The van der Waals surface area contributed by atoms with Gasteiger partial charge in [0.15, 0.2) is 28.1 Å². The van der Waals surface area contributed by atoms with Gasteiger partial charge in [-0.1, -0.05) is 0 Å². The third-order valence-corrected chi connectivity index (χ3v) is 4.68. The minimum Gasteiger partial charge on any atom is -0.494 e. The molecule has 2 rings (SSSR count). The smallest absolute Gasteiger partial charge is 0.491 e. The maximum atomic E-state index is 14.1. The molecular weight excluding hydrogens is 458 g/mol. The first-order chi connectivity index (χ1) is 13.7. The van der Waals surface area contributed by atoms with E-state index in [9.17, 15) is 48.3 Å². The van der Waals surface area contributed by atoms with Crippen molar-refractivity contribution in [3.63, 3.8) is 0 Å². The van der Waals surface area contributed by atoms with E-state index in [4.69, 9.17) is 0 Å². The summed E-state index contributed by atoms with van der Waals surface area (Å²) in [5.41, 5.74) is -0.652. The summed E-state index contributed by atoms with van der Waals surface area (Å²) in [4.78, 5) is 8.38. The molecule has 0 spiro atoms. The molecule has 164 valence electrons. The molecule has 0 aliphatic rings. The standard InChI is InChI=1S/C15H7F8NO5S/c1-28-7-3-2-5(4-6(7)16)24-30(26,27)13-10(19)8(17)12(9(18)11(13)20)29-14(25)15(21,22)23/h2-4,24H,1H3. The van der Waals surface area contributed by atoms with Gasteiger partial charge in [0.05, 0.1) is 12.8 Å². The molecule has 15 heteroatoms. The molecule has 0 saturated heterocycles. The van der Waals surface area contributed by atoms with Crippen LogP contribution in [0.15, 0.2) is 23.1 Å². The number of carbonyl (C=O) groups is 1. The molecule has 1 N–H and O–H groups in total. The minimum absolute atomic E-state index is 0.344. The largest absolute Gasteiger partial charge is 0.494 e. The Labute approximate surface area is 162 Å². The summed E-state index contributed by atoms with van der Waals surface area (Å²) in [6, 6.07) is 2.26. The first-order valence-corrected chi connectivity index (χ1v) is 8.70. The van der Waals surface area contributed by atoms with E-state index in [0.29, 0.717) is 6.07 Å². The second-order valence-corrected chi connectivity index (χ2v) is 6.88. The Bertz CT molecular complexity index is 1090. The van der Waals surface area contributed by atoms with E-state index >= 15 is 0 Å². The number of rotatable bonds is 5. The molecule has 0 radical (unpaired) electrons. The van der Waals surface area contributed by atoms with Crippen molar-refractivity contribution < 1.29 is 57.8 Å². The highest BCUT2D eigenvalue weighted by Gasteiger charge is 2.44. The number of benzene rings is 2. The van der Waals surface area contributed by atoms with Crippen molar-refractivity contribution in [1.82, 2.24) is 0 Å². The van der Waals surface area contributed by atoms with Crippen LogP contribution in [0.3, 0.4) is 0 Å². The zero-order valence-electron chi connectivity index (χ0n) is 14.2. The number of hydrogen-bond donors (Lipinski definition) is 1. The fourth-order valence-corrected chi connectivity index (χ4v) is 3.19. The Hall–Kier alpha value is -3.10. The maximum absolute atomic E-state index is 14.1. The molecule has 30 heavy (non-hydrogen) atoms. The average Bonchev–Trinajstić information content (AvgIpc) is 2.62. The molecule has 0 aliphatic carbocycles. The summed E-state index contributed by atoms with van der Waals surface area (Å²) in [6.45, 7) is 0. The number of halogens is 8. The number of methoxy groups -OCH3 is 1. The lowest BCUT2D eigenvalue weighted by molar-refractivity contribution is -0.190. The van der Waals surface area contributed by atoms with Crippen LogP contribution in [0.1, 0.15) is 0 Å². The highest BCUT2D eigenvalue weighted by molar-refractivity contribution is 7.92. The normalized spacial score (nSPS) is 11.9. The Kier molecular flexibility index (Phi) is 6.15. The van der Waals surface area contributed by atoms with Crippen molar-refractivity contribution in [3.8, 4) is 11.5 Å². The lowest BCUT2D eigenvalue weighted by Gasteiger charge is -2.14. The summed E-state index contributed by atoms with van der Waals surface area (Å²) in [6.07, 6.45) is -5.78. The van der Waals surface area contributed by atoms with E-state index in [2.05, 4.69) is 9.47 Å². The van der Waals surface area contributed by atoms with Crippen molar-refractivity contribution in [2.75, 3.05) is 11.8 Å². The Balaban J connectivity index is 2.54. The highest BCUT2D eigenvalue weighted by atomic mass is 32.2. The van der Waals surface area contributed by atoms with Gasteiger partial charge in [0, 0.05) is 6.07 Å². The summed E-state index contributed by atoms with van der Waals surface area (Å²) < 4.78 is 140. The molecule has 0 unspecified atom stereocenters. The maximum Gasteiger partial charge on any atom is 0.491 e. The topological polar surface area (TPSA) is 81.7 Å². The molecule has 0 heterocycles. The lowest BCUT2D eigenvalue weighted by Crippen LogP contribution is -2.29. The van der Waals surface area contributed by atoms with E-state index in [0.717, 1.165) is 19.2 Å². The Morgan fingerprint density at radius 3 is 1.93 bits per heavy atom. The monoisotopic (exact) mass is 465 g/mol. The Morgan fingerprint density at radius 1 is 0.967 bits per heavy atom. The van der Waals surface area contributed by atoms with Crippen LogP contribution >= 0.6 is 0 Å². The second-order valence-electron chi connectivity index (χ2n) is 5.26. The fraction of sp³-hybridized carbons (Fsp3) is 0.133. The van der Waals surface area contributed by atoms with Crippen LogP contribution in [0.5, 0.6) is 11.5 Å². The van der Waals surface area contributed by atoms with Crippen molar-refractivity contribution in [2.24, 2.45) is 0 Å². The van der Waals surface area contributed by atoms with Crippen LogP contribution in [0.2, 0.25) is 0 Å². The number of sulfonamides is 1. The van der Waals surface area contributed by atoms with Crippen LogP contribution < -0.4 is 14.2 Å². The molecule has 2 aromatic rings. The number of ether oxygens (including phenoxy) is 2. The van der Waals surface area contributed by atoms with Gasteiger partial charge in [0.1, 0.15) is 0 Å². The van der Waals surface area contributed by atoms with Gasteiger partial charge in [0.25, 0.3) is 10.0 Å². The van der Waals surface area contributed by atoms with Crippen LogP contribution in [0, 0.1) is 29.1 Å². The predicted molar refractivity (Wildman–Crippen MR) is 81.7 cm³/mol. The van der Waals surface area contributed by atoms with E-state index in [1.54, 1.807) is 0 Å². The van der Waals surface area contributed by atoms with Crippen molar-refractivity contribution in [1.29, 1.82) is 0 Å². The molecule has 0 aliphatic heterocycles. The molecule has 0 aromatic heterocycles. The van der Waals surface area contributed by atoms with Gasteiger partial charge in [-0.05, 0) is 12.1 Å². The summed E-state index contributed by atoms with van der Waals surface area (Å²) >= 11 is 0. The SMILES string of the molecule is COc1ccc(NS(=O)(=O)c2c(F)c(F)c(OC(=O)C(F)(F)F)c(F)c2F)cc1F. The third-order valence-electron chi connectivity index (χ3n) is 3.28. The molecule has 0 saturated carbocycles. The quantitative estimate of drug-likeness (QED) is 0.316. The predicted octanol–water partition coefficient (Wildman–Crippen LogP) is 3.66. The number of nitrogens with one attached hydrogen (secondary N) is 1. The van der Waals surface area contributed by atoms with Gasteiger partial charge in [-0.25, -0.2) is 26.4 Å². The molecule has 0 bridgehead atoms. The van der Waals surface area contributed by atoms with Crippen LogP contribution in [-0.4, -0.2) is 27.7 Å². The van der Waals surface area contributed by atoms with Crippen LogP contribution in [0.25, 0.3) is 0 Å². The van der Waals surface area contributed by atoms with Crippen molar-refractivity contribution in [2.45, 2.75) is 11.1 Å². The van der Waals surface area contributed by atoms with Crippen LogP contribution in [-0.2, 0) is 14.8 Å². The fourth-order valence-electron chi connectivity index (χ4n) is 2.00. The van der Waals surface area contributed by atoms with Gasteiger partial charge < -0.3 is 9.47 Å². The van der Waals surface area contributed by atoms with E-state index in [-0.39, 0.29) is 5.75 Å². The van der Waals surface area contributed by atoms with Gasteiger partial charge in [-0.15, -0.1) is 0 Å². The molecule has 2 aromatic carbocycles. The number of carbonyl (C=O) groups excluding carboxylic acids is 1. The van der Waals surface area contributed by atoms with E-state index in [1.165, 1.54) is 4.72 Å². The number of alkyl halides is 3. The summed E-state index contributed by atoms with van der Waals surface area (Å²) in [5, 5.41) is 0. The highest BCUT2D eigenvalue weighted by Crippen LogP contribution is 2.34. The van der Waals surface area contributed by atoms with E-state index < -0.39 is 67.6 Å². The molecule has 6 nitrogen and oxygen atoms in total. The van der Waals surface area contributed by atoms with Gasteiger partial charge in [-0.3, -0.25) is 4.72 Å². The molecule has 0 fully saturated rings. The zero-order valence-corrected chi connectivity index (χ0v) is 15.0. The Morgan fingerprint density at radius 2 is 1.50 bits per heavy atom.